The SMILES string of the molecule is CC1(C)CCCC2=C(CCCC2)C1. The molecule has 2 aliphatic carbocycles. The van der Waals surface area contributed by atoms with E-state index in [1.165, 1.54) is 51.4 Å². The molecule has 0 saturated carbocycles. The first kappa shape index (κ1) is 9.30. The molecule has 0 fully saturated rings. The normalized spacial score (nSPS) is 28.2. The molecule has 0 heteroatoms. The van der Waals surface area contributed by atoms with Crippen molar-refractivity contribution in [2.24, 2.45) is 5.41 Å². The molecule has 0 aromatic rings. The highest BCUT2D eigenvalue weighted by Gasteiger charge is 2.25. The summed E-state index contributed by atoms with van der Waals surface area (Å²) in [5.41, 5.74) is 4.28. The summed E-state index contributed by atoms with van der Waals surface area (Å²) in [5, 5.41) is 0. The Morgan fingerprint density at radius 3 is 2.23 bits per heavy atom. The summed E-state index contributed by atoms with van der Waals surface area (Å²) < 4.78 is 0. The minimum atomic E-state index is 0.592. The molecule has 0 aliphatic heterocycles. The van der Waals surface area contributed by atoms with Crippen LogP contribution in [-0.2, 0) is 0 Å². The predicted octanol–water partition coefficient (Wildman–Crippen LogP) is 4.46. The van der Waals surface area contributed by atoms with Crippen molar-refractivity contribution < 1.29 is 0 Å². The molecular formula is C13H22. The van der Waals surface area contributed by atoms with Gasteiger partial charge in [-0.1, -0.05) is 25.0 Å². The van der Waals surface area contributed by atoms with Crippen LogP contribution in [-0.4, -0.2) is 0 Å². The van der Waals surface area contributed by atoms with Crippen molar-refractivity contribution in [3.8, 4) is 0 Å². The van der Waals surface area contributed by atoms with E-state index in [-0.39, 0.29) is 0 Å². The van der Waals surface area contributed by atoms with Gasteiger partial charge in [0.25, 0.3) is 0 Å². The Morgan fingerprint density at radius 1 is 0.846 bits per heavy atom. The maximum Gasteiger partial charge on any atom is -0.0266 e. The van der Waals surface area contributed by atoms with Crippen LogP contribution in [0.4, 0.5) is 0 Å². The fraction of sp³-hybridized carbons (Fsp3) is 0.846. The summed E-state index contributed by atoms with van der Waals surface area (Å²) in [7, 11) is 0. The van der Waals surface area contributed by atoms with Crippen LogP contribution < -0.4 is 0 Å². The van der Waals surface area contributed by atoms with Gasteiger partial charge in [-0.05, 0) is 56.8 Å². The van der Waals surface area contributed by atoms with Gasteiger partial charge in [0, 0.05) is 0 Å². The van der Waals surface area contributed by atoms with Crippen molar-refractivity contribution >= 4 is 0 Å². The first-order chi connectivity index (χ1) is 6.17. The average Bonchev–Trinajstić information content (AvgIpc) is 2.21. The standard InChI is InChI=1S/C13H22/c1-13(2)9-5-8-11-6-3-4-7-12(11)10-13/h3-10H2,1-2H3. The average molecular weight is 178 g/mol. The fourth-order valence-electron chi connectivity index (χ4n) is 2.99. The molecule has 74 valence electrons. The van der Waals surface area contributed by atoms with E-state index >= 15 is 0 Å². The van der Waals surface area contributed by atoms with Crippen molar-refractivity contribution in [1.82, 2.24) is 0 Å². The highest BCUT2D eigenvalue weighted by molar-refractivity contribution is 5.19. The monoisotopic (exact) mass is 178 g/mol. The first-order valence-electron chi connectivity index (χ1n) is 5.87. The second-order valence-corrected chi connectivity index (χ2v) is 5.61. The lowest BCUT2D eigenvalue weighted by Crippen LogP contribution is -2.11. The molecule has 0 spiro atoms. The van der Waals surface area contributed by atoms with Crippen LogP contribution in [0.1, 0.15) is 65.2 Å². The van der Waals surface area contributed by atoms with Crippen molar-refractivity contribution in [1.29, 1.82) is 0 Å². The van der Waals surface area contributed by atoms with Crippen molar-refractivity contribution in [3.05, 3.63) is 11.1 Å². The number of rotatable bonds is 0. The Labute approximate surface area is 82.4 Å². The van der Waals surface area contributed by atoms with Gasteiger partial charge in [-0.3, -0.25) is 0 Å². The summed E-state index contributed by atoms with van der Waals surface area (Å²) in [4.78, 5) is 0. The maximum absolute atomic E-state index is 2.44. The number of hydrogen-bond donors (Lipinski definition) is 0. The largest absolute Gasteiger partial charge is 0.0710 e. The molecule has 0 N–H and O–H groups in total. The third-order valence-corrected chi connectivity index (χ3v) is 3.73. The summed E-state index contributed by atoms with van der Waals surface area (Å²) >= 11 is 0. The summed E-state index contributed by atoms with van der Waals surface area (Å²) in [6.07, 6.45) is 11.4. The minimum absolute atomic E-state index is 0.592. The van der Waals surface area contributed by atoms with Crippen LogP contribution in [0.15, 0.2) is 11.1 Å². The third kappa shape index (κ3) is 2.15. The second kappa shape index (κ2) is 3.48. The molecule has 2 aliphatic rings. The van der Waals surface area contributed by atoms with Gasteiger partial charge in [0.2, 0.25) is 0 Å². The summed E-state index contributed by atoms with van der Waals surface area (Å²) in [5.74, 6) is 0. The Kier molecular flexibility index (Phi) is 2.49. The van der Waals surface area contributed by atoms with E-state index in [2.05, 4.69) is 13.8 Å². The van der Waals surface area contributed by atoms with E-state index in [9.17, 15) is 0 Å². The molecule has 0 radical (unpaired) electrons. The van der Waals surface area contributed by atoms with Crippen LogP contribution in [0.5, 0.6) is 0 Å². The quantitative estimate of drug-likeness (QED) is 0.480. The lowest BCUT2D eigenvalue weighted by Gasteiger charge is -2.25. The van der Waals surface area contributed by atoms with E-state index in [4.69, 9.17) is 0 Å². The van der Waals surface area contributed by atoms with Crippen LogP contribution in [0.2, 0.25) is 0 Å². The topological polar surface area (TPSA) is 0 Å². The summed E-state index contributed by atoms with van der Waals surface area (Å²) in [6, 6.07) is 0. The molecule has 0 bridgehead atoms. The fourth-order valence-corrected chi connectivity index (χ4v) is 2.99. The zero-order valence-corrected chi connectivity index (χ0v) is 9.16. The second-order valence-electron chi connectivity index (χ2n) is 5.61. The third-order valence-electron chi connectivity index (χ3n) is 3.73. The van der Waals surface area contributed by atoms with Crippen molar-refractivity contribution in [2.45, 2.75) is 65.2 Å². The van der Waals surface area contributed by atoms with Gasteiger partial charge in [-0.15, -0.1) is 0 Å². The molecule has 2 rings (SSSR count). The van der Waals surface area contributed by atoms with Crippen LogP contribution in [0.25, 0.3) is 0 Å². The molecule has 0 unspecified atom stereocenters. The molecule has 0 heterocycles. The molecule has 0 amide bonds. The molecule has 0 aromatic carbocycles. The Morgan fingerprint density at radius 2 is 1.46 bits per heavy atom. The van der Waals surface area contributed by atoms with Gasteiger partial charge in [-0.2, -0.15) is 0 Å². The Hall–Kier alpha value is -0.260. The van der Waals surface area contributed by atoms with Gasteiger partial charge in [0.15, 0.2) is 0 Å². The highest BCUT2D eigenvalue weighted by atomic mass is 14.3. The van der Waals surface area contributed by atoms with Crippen molar-refractivity contribution in [2.75, 3.05) is 0 Å². The highest BCUT2D eigenvalue weighted by Crippen LogP contribution is 2.41. The first-order valence-corrected chi connectivity index (χ1v) is 5.87. The molecule has 0 aromatic heterocycles. The number of allylic oxidation sites excluding steroid dienone is 2. The predicted molar refractivity (Wildman–Crippen MR) is 57.7 cm³/mol. The Bertz CT molecular complexity index is 220. The van der Waals surface area contributed by atoms with Gasteiger partial charge >= 0.3 is 0 Å². The molecular weight excluding hydrogens is 156 g/mol. The van der Waals surface area contributed by atoms with Gasteiger partial charge in [0.1, 0.15) is 0 Å². The summed E-state index contributed by atoms with van der Waals surface area (Å²) in [6.45, 7) is 4.88. The molecule has 13 heavy (non-hydrogen) atoms. The minimum Gasteiger partial charge on any atom is -0.0710 e. The van der Waals surface area contributed by atoms with E-state index < -0.39 is 0 Å². The van der Waals surface area contributed by atoms with E-state index in [0.717, 1.165) is 0 Å². The maximum atomic E-state index is 2.44. The van der Waals surface area contributed by atoms with Crippen LogP contribution >= 0.6 is 0 Å². The van der Waals surface area contributed by atoms with E-state index in [1.54, 1.807) is 0 Å². The molecule has 0 saturated heterocycles. The van der Waals surface area contributed by atoms with Crippen LogP contribution in [0.3, 0.4) is 0 Å². The lowest BCUT2D eigenvalue weighted by molar-refractivity contribution is 0.328. The van der Waals surface area contributed by atoms with Gasteiger partial charge < -0.3 is 0 Å². The zero-order chi connectivity index (χ0) is 9.31. The lowest BCUT2D eigenvalue weighted by atomic mass is 9.80. The Balaban J connectivity index is 2.17. The number of hydrogen-bond acceptors (Lipinski definition) is 0. The van der Waals surface area contributed by atoms with E-state index in [0.29, 0.717) is 5.41 Å². The van der Waals surface area contributed by atoms with Gasteiger partial charge in [0.05, 0.1) is 0 Å². The smallest absolute Gasteiger partial charge is 0.0266 e. The van der Waals surface area contributed by atoms with Crippen LogP contribution in [0, 0.1) is 5.41 Å². The molecule has 0 nitrogen and oxygen atoms in total. The van der Waals surface area contributed by atoms with E-state index in [1.807, 2.05) is 11.1 Å². The zero-order valence-electron chi connectivity index (χ0n) is 9.16. The van der Waals surface area contributed by atoms with Crippen molar-refractivity contribution in [3.63, 3.8) is 0 Å². The van der Waals surface area contributed by atoms with Gasteiger partial charge in [-0.25, -0.2) is 0 Å². The molecule has 0 atom stereocenters.